The number of nitrogens with zero attached hydrogens (tertiary/aromatic N) is 4. The molecule has 0 saturated carbocycles. The van der Waals surface area contributed by atoms with Crippen molar-refractivity contribution in [3.8, 4) is 0 Å². The number of amides is 1. The third kappa shape index (κ3) is 6.69. The van der Waals surface area contributed by atoms with E-state index >= 15 is 0 Å². The van der Waals surface area contributed by atoms with Gasteiger partial charge in [-0.3, -0.25) is 9.89 Å². The first kappa shape index (κ1) is 24.5. The lowest BCUT2D eigenvalue weighted by molar-refractivity contribution is -0.114. The number of hydrogen-bond donors (Lipinski definition) is 3. The summed E-state index contributed by atoms with van der Waals surface area (Å²) in [6.45, 7) is 11.0. The topological polar surface area (TPSA) is 108 Å². The molecule has 0 unspecified atom stereocenters. The lowest BCUT2D eigenvalue weighted by Gasteiger charge is -2.29. The molecule has 3 N–H and O–H groups in total. The average Bonchev–Trinajstić information content (AvgIpc) is 3.16. The summed E-state index contributed by atoms with van der Waals surface area (Å²) in [6.07, 6.45) is 0. The fraction of sp³-hybridized carbons (Fsp3) is 0.391. The van der Waals surface area contributed by atoms with E-state index in [1.807, 2.05) is 44.2 Å². The molecule has 0 radical (unpaired) electrons. The zero-order chi connectivity index (χ0) is 24.0. The first-order valence-electron chi connectivity index (χ1n) is 10.8. The van der Waals surface area contributed by atoms with Gasteiger partial charge in [0.15, 0.2) is 11.0 Å². The van der Waals surface area contributed by atoms with E-state index in [2.05, 4.69) is 39.6 Å². The van der Waals surface area contributed by atoms with E-state index in [0.29, 0.717) is 29.9 Å². The predicted octanol–water partition coefficient (Wildman–Crippen LogP) is 4.53. The summed E-state index contributed by atoms with van der Waals surface area (Å²) in [4.78, 5) is 24.1. The summed E-state index contributed by atoms with van der Waals surface area (Å²) in [5, 5.41) is 14.0. The normalized spacial score (nSPS) is 11.0. The molecular weight excluding hydrogens is 438 g/mol. The molecule has 0 fully saturated rings. The van der Waals surface area contributed by atoms with Crippen LogP contribution in [0.2, 0.25) is 0 Å². The largest absolute Gasteiger partial charge is 0.383 e. The fourth-order valence-electron chi connectivity index (χ4n) is 3.25. The minimum absolute atomic E-state index is 0.101. The number of benzene rings is 1. The first-order valence-corrected chi connectivity index (χ1v) is 11.6. The van der Waals surface area contributed by atoms with Gasteiger partial charge < -0.3 is 20.3 Å². The first-order chi connectivity index (χ1) is 15.8. The standard InChI is InChI=1S/C23H31N7O2S/c1-14(2)30(11-12-32-6)22-16(4)21(25-20-13-15(3)28-29-20)26-23(27-22)33-19-9-7-18(8-10-19)24-17(5)31/h7-10,13-14H,11-12H2,1-6H3,(H,24,31)(H2,25,26,27,28,29). The Morgan fingerprint density at radius 2 is 1.94 bits per heavy atom. The molecule has 10 heteroatoms. The van der Waals surface area contributed by atoms with Crippen LogP contribution in [-0.2, 0) is 9.53 Å². The van der Waals surface area contributed by atoms with E-state index in [9.17, 15) is 4.79 Å². The Morgan fingerprint density at radius 3 is 2.52 bits per heavy atom. The van der Waals surface area contributed by atoms with E-state index in [1.165, 1.54) is 18.7 Å². The molecule has 0 aliphatic heterocycles. The maximum absolute atomic E-state index is 11.3. The highest BCUT2D eigenvalue weighted by Gasteiger charge is 2.20. The number of aryl methyl sites for hydroxylation is 1. The number of H-pyrrole nitrogens is 1. The Morgan fingerprint density at radius 1 is 1.21 bits per heavy atom. The molecule has 2 heterocycles. The summed E-state index contributed by atoms with van der Waals surface area (Å²) in [6, 6.07) is 9.76. The molecule has 0 bridgehead atoms. The molecule has 3 aromatic rings. The summed E-state index contributed by atoms with van der Waals surface area (Å²) in [5.41, 5.74) is 2.65. The van der Waals surface area contributed by atoms with Crippen molar-refractivity contribution in [2.45, 2.75) is 50.7 Å². The molecule has 1 aromatic carbocycles. The number of methoxy groups -OCH3 is 1. The average molecular weight is 470 g/mol. The molecule has 0 aliphatic carbocycles. The van der Waals surface area contributed by atoms with Gasteiger partial charge in [-0.1, -0.05) is 0 Å². The second-order valence-electron chi connectivity index (χ2n) is 7.95. The predicted molar refractivity (Wildman–Crippen MR) is 133 cm³/mol. The van der Waals surface area contributed by atoms with Gasteiger partial charge in [-0.2, -0.15) is 5.10 Å². The van der Waals surface area contributed by atoms with Crippen molar-refractivity contribution in [3.63, 3.8) is 0 Å². The maximum atomic E-state index is 11.3. The molecule has 176 valence electrons. The van der Waals surface area contributed by atoms with Gasteiger partial charge in [0, 0.05) is 54.5 Å². The summed E-state index contributed by atoms with van der Waals surface area (Å²) in [7, 11) is 1.70. The maximum Gasteiger partial charge on any atom is 0.221 e. The summed E-state index contributed by atoms with van der Waals surface area (Å²) in [5.74, 6) is 2.15. The van der Waals surface area contributed by atoms with Crippen LogP contribution in [0, 0.1) is 13.8 Å². The minimum Gasteiger partial charge on any atom is -0.383 e. The Labute approximate surface area is 198 Å². The number of carbonyl (C=O) groups is 1. The molecule has 3 rings (SSSR count). The monoisotopic (exact) mass is 469 g/mol. The summed E-state index contributed by atoms with van der Waals surface area (Å²) >= 11 is 1.46. The third-order valence-corrected chi connectivity index (χ3v) is 5.74. The number of ether oxygens (including phenoxy) is 1. The van der Waals surface area contributed by atoms with Gasteiger partial charge in [-0.25, -0.2) is 9.97 Å². The fourth-order valence-corrected chi connectivity index (χ4v) is 4.00. The Bertz CT molecular complexity index is 1080. The number of hydrogen-bond acceptors (Lipinski definition) is 8. The van der Waals surface area contributed by atoms with Crippen molar-refractivity contribution in [2.75, 3.05) is 35.8 Å². The van der Waals surface area contributed by atoms with Crippen LogP contribution < -0.4 is 15.5 Å². The van der Waals surface area contributed by atoms with E-state index in [-0.39, 0.29) is 11.9 Å². The molecule has 0 saturated heterocycles. The molecule has 0 spiro atoms. The van der Waals surface area contributed by atoms with Crippen LogP contribution >= 0.6 is 11.8 Å². The highest BCUT2D eigenvalue weighted by molar-refractivity contribution is 7.99. The van der Waals surface area contributed by atoms with Crippen LogP contribution in [0.15, 0.2) is 40.4 Å². The van der Waals surface area contributed by atoms with Crippen molar-refractivity contribution in [3.05, 3.63) is 41.6 Å². The van der Waals surface area contributed by atoms with Crippen LogP contribution in [-0.4, -0.2) is 52.4 Å². The molecule has 0 aliphatic rings. The Kier molecular flexibility index (Phi) is 8.29. The van der Waals surface area contributed by atoms with Crippen LogP contribution in [0.5, 0.6) is 0 Å². The molecular formula is C23H31N7O2S. The van der Waals surface area contributed by atoms with Crippen molar-refractivity contribution in [1.29, 1.82) is 0 Å². The van der Waals surface area contributed by atoms with Crippen LogP contribution in [0.4, 0.5) is 23.1 Å². The summed E-state index contributed by atoms with van der Waals surface area (Å²) < 4.78 is 5.33. The second-order valence-corrected chi connectivity index (χ2v) is 8.99. The van der Waals surface area contributed by atoms with E-state index < -0.39 is 0 Å². The van der Waals surface area contributed by atoms with E-state index in [4.69, 9.17) is 14.7 Å². The van der Waals surface area contributed by atoms with Gasteiger partial charge in [-0.15, -0.1) is 0 Å². The van der Waals surface area contributed by atoms with Gasteiger partial charge >= 0.3 is 0 Å². The third-order valence-electron chi connectivity index (χ3n) is 4.87. The number of rotatable bonds is 10. The number of nitrogens with one attached hydrogen (secondary N) is 3. The molecule has 9 nitrogen and oxygen atoms in total. The molecule has 2 aromatic heterocycles. The van der Waals surface area contributed by atoms with Crippen LogP contribution in [0.1, 0.15) is 32.0 Å². The zero-order valence-electron chi connectivity index (χ0n) is 19.9. The Balaban J connectivity index is 1.97. The van der Waals surface area contributed by atoms with Gasteiger partial charge in [-0.05, 0) is 63.7 Å². The highest BCUT2D eigenvalue weighted by atomic mass is 32.2. The van der Waals surface area contributed by atoms with E-state index in [1.54, 1.807) is 7.11 Å². The van der Waals surface area contributed by atoms with Gasteiger partial charge in [0.05, 0.1) is 6.61 Å². The molecule has 33 heavy (non-hydrogen) atoms. The lowest BCUT2D eigenvalue weighted by atomic mass is 10.2. The Hall–Kier alpha value is -3.11. The van der Waals surface area contributed by atoms with Gasteiger partial charge in [0.25, 0.3) is 0 Å². The smallest absolute Gasteiger partial charge is 0.221 e. The minimum atomic E-state index is -0.101. The zero-order valence-corrected chi connectivity index (χ0v) is 20.7. The number of aromatic nitrogens is 4. The highest BCUT2D eigenvalue weighted by Crippen LogP contribution is 2.33. The van der Waals surface area contributed by atoms with E-state index in [0.717, 1.165) is 27.7 Å². The molecule has 0 atom stereocenters. The van der Waals surface area contributed by atoms with Crippen molar-refractivity contribution in [2.24, 2.45) is 0 Å². The van der Waals surface area contributed by atoms with Gasteiger partial charge in [0.1, 0.15) is 11.6 Å². The SMILES string of the molecule is COCCN(c1nc(Sc2ccc(NC(C)=O)cc2)nc(Nc2cc(C)[nH]n2)c1C)C(C)C. The van der Waals surface area contributed by atoms with Crippen molar-refractivity contribution < 1.29 is 9.53 Å². The van der Waals surface area contributed by atoms with Crippen LogP contribution in [0.3, 0.4) is 0 Å². The molecule has 1 amide bonds. The van der Waals surface area contributed by atoms with Gasteiger partial charge in [0.2, 0.25) is 5.91 Å². The van der Waals surface area contributed by atoms with Crippen LogP contribution in [0.25, 0.3) is 0 Å². The quantitative estimate of drug-likeness (QED) is 0.372. The number of aromatic amines is 1. The lowest BCUT2D eigenvalue weighted by Crippen LogP contribution is -2.35. The number of carbonyl (C=O) groups excluding carboxylic acids is 1. The van der Waals surface area contributed by atoms with Crippen molar-refractivity contribution in [1.82, 2.24) is 20.2 Å². The second kappa shape index (κ2) is 11.2. The van der Waals surface area contributed by atoms with Crippen molar-refractivity contribution >= 4 is 40.8 Å². The number of anilines is 4.